The predicted octanol–water partition coefficient (Wildman–Crippen LogP) is 3.92. The highest BCUT2D eigenvalue weighted by Gasteiger charge is 2.53. The van der Waals surface area contributed by atoms with Crippen molar-refractivity contribution in [2.45, 2.75) is 18.6 Å². The first kappa shape index (κ1) is 33.9. The number of anilines is 1. The van der Waals surface area contributed by atoms with Crippen LogP contribution in [0.3, 0.4) is 0 Å². The number of nitro benzene ring substituents is 1. The second-order valence-electron chi connectivity index (χ2n) is 13.0. The summed E-state index contributed by atoms with van der Waals surface area (Å²) in [5.74, 6) is 0.721. The van der Waals surface area contributed by atoms with Gasteiger partial charge >= 0.3 is 12.1 Å². The molecule has 276 valence electrons. The lowest BCUT2D eigenvalue weighted by Gasteiger charge is -2.39. The summed E-state index contributed by atoms with van der Waals surface area (Å²) >= 11 is 0. The molecular weight excluding hydrogens is 692 g/mol. The van der Waals surface area contributed by atoms with Crippen molar-refractivity contribution < 1.29 is 47.7 Å². The number of esters is 1. The maximum absolute atomic E-state index is 13.6. The molecule has 4 aromatic rings. The van der Waals surface area contributed by atoms with Crippen LogP contribution >= 0.6 is 0 Å². The number of hydrogen-bond donors (Lipinski definition) is 0. The van der Waals surface area contributed by atoms with Crippen molar-refractivity contribution in [3.05, 3.63) is 87.2 Å². The Bertz CT molecular complexity index is 2040. The first-order valence-electron chi connectivity index (χ1n) is 17.0. The Morgan fingerprint density at radius 1 is 0.925 bits per heavy atom. The van der Waals surface area contributed by atoms with Gasteiger partial charge in [0.05, 0.1) is 51.0 Å². The van der Waals surface area contributed by atoms with E-state index in [1.807, 2.05) is 24.3 Å². The zero-order valence-corrected chi connectivity index (χ0v) is 29.1. The molecule has 17 heteroatoms. The largest absolute Gasteiger partial charge is 0.493 e. The molecular formula is C36H36N6O11. The fourth-order valence-electron chi connectivity index (χ4n) is 7.83. The fourth-order valence-corrected chi connectivity index (χ4v) is 7.83. The lowest BCUT2D eigenvalue weighted by Crippen LogP contribution is -2.48. The van der Waals surface area contributed by atoms with E-state index in [4.69, 9.17) is 33.2 Å². The molecule has 0 unspecified atom stereocenters. The van der Waals surface area contributed by atoms with Gasteiger partial charge in [0, 0.05) is 55.8 Å². The fraction of sp³-hybridized carbons (Fsp3) is 0.389. The topological polar surface area (TPSA) is 179 Å². The minimum atomic E-state index is -0.606. The summed E-state index contributed by atoms with van der Waals surface area (Å²) in [7, 11) is 4.62. The minimum Gasteiger partial charge on any atom is -0.493 e. The molecule has 0 radical (unpaired) electrons. The van der Waals surface area contributed by atoms with Crippen LogP contribution in [0.15, 0.2) is 54.7 Å². The first-order valence-corrected chi connectivity index (χ1v) is 17.0. The van der Waals surface area contributed by atoms with E-state index in [9.17, 15) is 19.7 Å². The van der Waals surface area contributed by atoms with Crippen molar-refractivity contribution in [2.24, 2.45) is 11.8 Å². The molecule has 1 aromatic heterocycles. The molecule has 1 aliphatic carbocycles. The molecule has 0 N–H and O–H groups in total. The number of rotatable bonds is 9. The van der Waals surface area contributed by atoms with Gasteiger partial charge in [0.2, 0.25) is 12.5 Å². The normalized spacial score (nSPS) is 21.4. The second kappa shape index (κ2) is 13.7. The van der Waals surface area contributed by atoms with Crippen molar-refractivity contribution in [1.82, 2.24) is 19.9 Å². The van der Waals surface area contributed by atoms with E-state index in [2.05, 4.69) is 15.2 Å². The van der Waals surface area contributed by atoms with E-state index < -0.39 is 28.9 Å². The van der Waals surface area contributed by atoms with Crippen LogP contribution in [0.25, 0.3) is 0 Å². The third kappa shape index (κ3) is 6.00. The van der Waals surface area contributed by atoms with Crippen LogP contribution in [0, 0.1) is 22.0 Å². The Balaban J connectivity index is 1.03. The SMILES string of the molecule is COc1cc([C@@H]2c3cc4c(cc3[C@@H](n3cc(COC(=O)N5CCN(c6ccc([N+](=O)[O-])cc6)CC5)nn3)[C@H]3COC(=O)[C@H]23)OCO4)cc(OC)c1OC. The van der Waals surface area contributed by atoms with Gasteiger partial charge in [0.1, 0.15) is 12.3 Å². The van der Waals surface area contributed by atoms with Gasteiger partial charge in [-0.15, -0.1) is 5.10 Å². The molecule has 2 saturated heterocycles. The summed E-state index contributed by atoms with van der Waals surface area (Å²) in [6, 6.07) is 13.4. The number of methoxy groups -OCH3 is 3. The maximum atomic E-state index is 13.6. The number of cyclic esters (lactones) is 1. The summed E-state index contributed by atoms with van der Waals surface area (Å²) in [5, 5.41) is 19.8. The highest BCUT2D eigenvalue weighted by molar-refractivity contribution is 5.79. The Kier molecular flexibility index (Phi) is 8.75. The van der Waals surface area contributed by atoms with Gasteiger partial charge in [-0.05, 0) is 53.1 Å². The van der Waals surface area contributed by atoms with Crippen LogP contribution in [0.5, 0.6) is 28.7 Å². The highest BCUT2D eigenvalue weighted by Crippen LogP contribution is 2.56. The summed E-state index contributed by atoms with van der Waals surface area (Å²) in [6.45, 7) is 2.03. The van der Waals surface area contributed by atoms with Gasteiger partial charge < -0.3 is 43.0 Å². The molecule has 0 saturated carbocycles. The molecule has 8 rings (SSSR count). The number of carbonyl (C=O) groups excluding carboxylic acids is 2. The number of amides is 1. The zero-order chi connectivity index (χ0) is 36.8. The first-order chi connectivity index (χ1) is 25.8. The van der Waals surface area contributed by atoms with Crippen molar-refractivity contribution in [3.8, 4) is 28.7 Å². The Morgan fingerprint density at radius 3 is 2.25 bits per heavy atom. The third-order valence-corrected chi connectivity index (χ3v) is 10.3. The van der Waals surface area contributed by atoms with Crippen LogP contribution in [-0.2, 0) is 20.9 Å². The molecule has 0 bridgehead atoms. The summed E-state index contributed by atoms with van der Waals surface area (Å²) in [5.41, 5.74) is 3.75. The maximum Gasteiger partial charge on any atom is 0.410 e. The Labute approximate surface area is 303 Å². The molecule has 53 heavy (non-hydrogen) atoms. The molecule has 4 atom stereocenters. The molecule has 4 aliphatic rings. The average molecular weight is 729 g/mol. The number of benzene rings is 3. The summed E-state index contributed by atoms with van der Waals surface area (Å²) < 4.78 is 41.6. The van der Waals surface area contributed by atoms with Crippen molar-refractivity contribution >= 4 is 23.4 Å². The number of hydrogen-bond acceptors (Lipinski definition) is 14. The lowest BCUT2D eigenvalue weighted by molar-refractivity contribution is -0.384. The number of piperazine rings is 1. The number of non-ortho nitro benzene ring substituents is 1. The molecule has 3 aromatic carbocycles. The molecule has 3 aliphatic heterocycles. The molecule has 4 heterocycles. The van der Waals surface area contributed by atoms with Gasteiger partial charge in [0.15, 0.2) is 23.0 Å². The van der Waals surface area contributed by atoms with E-state index in [0.29, 0.717) is 60.6 Å². The Hall–Kier alpha value is -6.26. The van der Waals surface area contributed by atoms with Crippen molar-refractivity contribution in [1.29, 1.82) is 0 Å². The number of carbonyl (C=O) groups is 2. The number of fused-ring (bicyclic) bond motifs is 3. The van der Waals surface area contributed by atoms with Gasteiger partial charge in [-0.2, -0.15) is 0 Å². The molecule has 0 spiro atoms. The van der Waals surface area contributed by atoms with Crippen LogP contribution in [0.1, 0.15) is 34.3 Å². The number of nitrogens with zero attached hydrogens (tertiary/aromatic N) is 6. The lowest BCUT2D eigenvalue weighted by atomic mass is 9.65. The highest BCUT2D eigenvalue weighted by atomic mass is 16.7. The molecule has 1 amide bonds. The predicted molar refractivity (Wildman–Crippen MR) is 184 cm³/mol. The van der Waals surface area contributed by atoms with E-state index in [1.54, 1.807) is 42.1 Å². The zero-order valence-electron chi connectivity index (χ0n) is 29.1. The number of nitro groups is 1. The average Bonchev–Trinajstić information content (AvgIpc) is 3.95. The Morgan fingerprint density at radius 2 is 1.60 bits per heavy atom. The summed E-state index contributed by atoms with van der Waals surface area (Å²) in [4.78, 5) is 40.9. The smallest absolute Gasteiger partial charge is 0.410 e. The molecule has 17 nitrogen and oxygen atoms in total. The van der Waals surface area contributed by atoms with E-state index in [-0.39, 0.29) is 37.6 Å². The monoisotopic (exact) mass is 728 g/mol. The second-order valence-corrected chi connectivity index (χ2v) is 13.0. The number of aromatic nitrogens is 3. The van der Waals surface area contributed by atoms with Crippen molar-refractivity contribution in [2.75, 3.05) is 65.8 Å². The quantitative estimate of drug-likeness (QED) is 0.138. The van der Waals surface area contributed by atoms with Gasteiger partial charge in [-0.3, -0.25) is 14.9 Å². The van der Waals surface area contributed by atoms with Crippen LogP contribution in [0.2, 0.25) is 0 Å². The standard InChI is InChI=1S/C36H36N6O11/c1-47-29-12-20(13-30(48-2)34(29)49-3)31-24-14-27-28(53-19-52-27)15-25(24)33(26-18-50-35(43)32(26)31)41-16-21(37-38-41)17-51-36(44)40-10-8-39(9-11-40)22-4-6-23(7-5-22)42(45)46/h4-7,12-16,26,31-33H,8-11,17-19H2,1-3H3/t26-,31+,32-,33+/m0/s1. The van der Waals surface area contributed by atoms with Gasteiger partial charge in [0.25, 0.3) is 5.69 Å². The van der Waals surface area contributed by atoms with E-state index in [1.165, 1.54) is 19.2 Å². The summed E-state index contributed by atoms with van der Waals surface area (Å²) in [6.07, 6.45) is 1.24. The van der Waals surface area contributed by atoms with Crippen molar-refractivity contribution in [3.63, 3.8) is 0 Å². The number of ether oxygens (including phenoxy) is 7. The third-order valence-electron chi connectivity index (χ3n) is 10.3. The van der Waals surface area contributed by atoms with Crippen LogP contribution in [-0.4, -0.2) is 97.8 Å². The van der Waals surface area contributed by atoms with E-state index in [0.717, 1.165) is 22.4 Å². The van der Waals surface area contributed by atoms with Gasteiger partial charge in [-0.25, -0.2) is 9.48 Å². The van der Waals surface area contributed by atoms with E-state index >= 15 is 0 Å². The minimum absolute atomic E-state index is 0.0254. The van der Waals surface area contributed by atoms with Crippen LogP contribution in [0.4, 0.5) is 16.2 Å². The van der Waals surface area contributed by atoms with Gasteiger partial charge in [-0.1, -0.05) is 5.21 Å². The van der Waals surface area contributed by atoms with Crippen LogP contribution < -0.4 is 28.6 Å². The molecule has 2 fully saturated rings.